The summed E-state index contributed by atoms with van der Waals surface area (Å²) in [7, 11) is 1.53. The smallest absolute Gasteiger partial charge is 0.319 e. The first kappa shape index (κ1) is 14.6. The maximum absolute atomic E-state index is 12.1. The highest BCUT2D eigenvalue weighted by molar-refractivity contribution is 6.32. The minimum absolute atomic E-state index is 0.0309. The number of aryl methyl sites for hydroxylation is 1. The second kappa shape index (κ2) is 6.23. The first-order valence-electron chi connectivity index (χ1n) is 6.93. The van der Waals surface area contributed by atoms with Crippen LogP contribution in [0.15, 0.2) is 24.5 Å². The molecule has 1 aliphatic heterocycles. The molecule has 2 aromatic rings. The number of ether oxygens (including phenoxy) is 1. The van der Waals surface area contributed by atoms with E-state index in [1.807, 2.05) is 4.68 Å². The summed E-state index contributed by atoms with van der Waals surface area (Å²) in [5, 5.41) is 10.3. The van der Waals surface area contributed by atoms with Gasteiger partial charge in [0, 0.05) is 18.2 Å². The van der Waals surface area contributed by atoms with Gasteiger partial charge < -0.3 is 15.4 Å². The molecule has 116 valence electrons. The summed E-state index contributed by atoms with van der Waals surface area (Å²) in [4.78, 5) is 16.2. The minimum atomic E-state index is -0.266. The topological polar surface area (TPSA) is 81.1 Å². The highest BCUT2D eigenvalue weighted by Gasteiger charge is 2.21. The fourth-order valence-electron chi connectivity index (χ4n) is 2.45. The number of halogens is 1. The number of nitrogens with zero attached hydrogens (tertiary/aromatic N) is 3. The first-order chi connectivity index (χ1) is 10.7. The molecule has 2 amide bonds. The van der Waals surface area contributed by atoms with E-state index in [9.17, 15) is 4.79 Å². The number of carbonyl (C=O) groups is 1. The van der Waals surface area contributed by atoms with Crippen molar-refractivity contribution in [2.45, 2.75) is 25.4 Å². The lowest BCUT2D eigenvalue weighted by atomic mass is 10.1. The first-order valence-corrected chi connectivity index (χ1v) is 7.31. The van der Waals surface area contributed by atoms with Crippen LogP contribution in [0, 0.1) is 0 Å². The van der Waals surface area contributed by atoms with E-state index in [2.05, 4.69) is 20.7 Å². The molecular formula is C14H16ClN5O2. The molecular weight excluding hydrogens is 306 g/mol. The third kappa shape index (κ3) is 3.14. The minimum Gasteiger partial charge on any atom is -0.495 e. The molecule has 7 nitrogen and oxygen atoms in total. The number of aromatic nitrogens is 3. The van der Waals surface area contributed by atoms with Crippen molar-refractivity contribution in [1.82, 2.24) is 20.1 Å². The summed E-state index contributed by atoms with van der Waals surface area (Å²) in [6.07, 6.45) is 3.19. The number of urea groups is 1. The van der Waals surface area contributed by atoms with Gasteiger partial charge in [0.05, 0.1) is 24.7 Å². The number of carbonyl (C=O) groups excluding carboxylic acids is 1. The van der Waals surface area contributed by atoms with Crippen LogP contribution in [0.3, 0.4) is 0 Å². The Morgan fingerprint density at radius 1 is 1.50 bits per heavy atom. The maximum atomic E-state index is 12.1. The third-order valence-corrected chi connectivity index (χ3v) is 3.86. The Bertz CT molecular complexity index is 688. The Morgan fingerprint density at radius 2 is 2.36 bits per heavy atom. The monoisotopic (exact) mass is 321 g/mol. The van der Waals surface area contributed by atoms with Gasteiger partial charge in [-0.05, 0) is 18.6 Å². The maximum Gasteiger partial charge on any atom is 0.319 e. The highest BCUT2D eigenvalue weighted by Crippen LogP contribution is 2.27. The number of hydrogen-bond acceptors (Lipinski definition) is 4. The number of nitrogens with one attached hydrogen (secondary N) is 2. The summed E-state index contributed by atoms with van der Waals surface area (Å²) in [5.74, 6) is 1.48. The zero-order chi connectivity index (χ0) is 15.5. The molecule has 1 aromatic heterocycles. The molecule has 8 heteroatoms. The molecule has 1 atom stereocenters. The second-order valence-electron chi connectivity index (χ2n) is 5.04. The van der Waals surface area contributed by atoms with Crippen molar-refractivity contribution >= 4 is 23.3 Å². The fourth-order valence-corrected chi connectivity index (χ4v) is 2.64. The Balaban J connectivity index is 1.59. The molecule has 2 N–H and O–H groups in total. The number of hydrogen-bond donors (Lipinski definition) is 2. The van der Waals surface area contributed by atoms with Gasteiger partial charge in [-0.15, -0.1) is 0 Å². The number of methoxy groups -OCH3 is 1. The average molecular weight is 322 g/mol. The van der Waals surface area contributed by atoms with Gasteiger partial charge in [-0.3, -0.25) is 0 Å². The largest absolute Gasteiger partial charge is 0.495 e. The van der Waals surface area contributed by atoms with E-state index in [4.69, 9.17) is 16.3 Å². The van der Waals surface area contributed by atoms with Crippen molar-refractivity contribution in [2.75, 3.05) is 12.4 Å². The van der Waals surface area contributed by atoms with Gasteiger partial charge in [0.2, 0.25) is 0 Å². The summed E-state index contributed by atoms with van der Waals surface area (Å²) in [6.45, 7) is 0.632. The van der Waals surface area contributed by atoms with Crippen LogP contribution in [0.25, 0.3) is 0 Å². The van der Waals surface area contributed by atoms with Gasteiger partial charge in [0.25, 0.3) is 0 Å². The van der Waals surface area contributed by atoms with Crippen molar-refractivity contribution in [3.8, 4) is 5.75 Å². The van der Waals surface area contributed by atoms with E-state index in [-0.39, 0.29) is 12.1 Å². The van der Waals surface area contributed by atoms with Crippen molar-refractivity contribution < 1.29 is 9.53 Å². The van der Waals surface area contributed by atoms with Crippen LogP contribution in [-0.2, 0) is 13.0 Å². The third-order valence-electron chi connectivity index (χ3n) is 3.55. The van der Waals surface area contributed by atoms with Crippen LogP contribution in [0.2, 0.25) is 5.02 Å². The van der Waals surface area contributed by atoms with Crippen LogP contribution in [0.4, 0.5) is 10.5 Å². The second-order valence-corrected chi connectivity index (χ2v) is 5.45. The molecule has 0 aliphatic carbocycles. The number of anilines is 1. The highest BCUT2D eigenvalue weighted by atomic mass is 35.5. The Labute approximate surface area is 132 Å². The molecule has 2 heterocycles. The number of benzene rings is 1. The zero-order valence-electron chi connectivity index (χ0n) is 12.0. The predicted molar refractivity (Wildman–Crippen MR) is 82.3 cm³/mol. The predicted octanol–water partition coefficient (Wildman–Crippen LogP) is 2.08. The molecule has 1 aliphatic rings. The van der Waals surface area contributed by atoms with Gasteiger partial charge in [-0.2, -0.15) is 5.10 Å². The molecule has 0 fully saturated rings. The quantitative estimate of drug-likeness (QED) is 0.907. The van der Waals surface area contributed by atoms with E-state index in [0.717, 1.165) is 18.7 Å². The number of fused-ring (bicyclic) bond motifs is 1. The Morgan fingerprint density at radius 3 is 3.18 bits per heavy atom. The van der Waals surface area contributed by atoms with E-state index in [0.29, 0.717) is 23.0 Å². The molecule has 1 aromatic carbocycles. The Hall–Kier alpha value is -2.28. The van der Waals surface area contributed by atoms with Crippen LogP contribution < -0.4 is 15.4 Å². The molecule has 0 saturated heterocycles. The number of rotatable bonds is 3. The van der Waals surface area contributed by atoms with Crippen molar-refractivity contribution in [2.24, 2.45) is 0 Å². The van der Waals surface area contributed by atoms with Crippen LogP contribution in [-0.4, -0.2) is 33.9 Å². The van der Waals surface area contributed by atoms with Gasteiger partial charge >= 0.3 is 6.03 Å². The normalized spacial score (nSPS) is 16.7. The van der Waals surface area contributed by atoms with E-state index < -0.39 is 0 Å². The molecule has 0 bridgehead atoms. The van der Waals surface area contributed by atoms with Crippen molar-refractivity contribution in [3.05, 3.63) is 35.4 Å². The van der Waals surface area contributed by atoms with E-state index in [1.54, 1.807) is 18.2 Å². The lowest BCUT2D eigenvalue weighted by Gasteiger charge is -2.23. The SMILES string of the molecule is COc1cc(NC(=O)NC2CCc3ncnn3C2)ccc1Cl. The lowest BCUT2D eigenvalue weighted by Crippen LogP contribution is -2.43. The average Bonchev–Trinajstić information content (AvgIpc) is 2.96. The summed E-state index contributed by atoms with van der Waals surface area (Å²) in [5.41, 5.74) is 0.621. The summed E-state index contributed by atoms with van der Waals surface area (Å²) >= 11 is 5.96. The fraction of sp³-hybridized carbons (Fsp3) is 0.357. The zero-order valence-corrected chi connectivity index (χ0v) is 12.8. The Kier molecular flexibility index (Phi) is 4.15. The van der Waals surface area contributed by atoms with E-state index >= 15 is 0 Å². The molecule has 0 saturated carbocycles. The van der Waals surface area contributed by atoms with Gasteiger partial charge in [0.1, 0.15) is 17.9 Å². The van der Waals surface area contributed by atoms with Crippen molar-refractivity contribution in [3.63, 3.8) is 0 Å². The standard InChI is InChI=1S/C14H16ClN5O2/c1-22-12-6-9(2-4-11(12)15)18-14(21)19-10-3-5-13-16-8-17-20(13)7-10/h2,4,6,8,10H,3,5,7H2,1H3,(H2,18,19,21). The summed E-state index contributed by atoms with van der Waals surface area (Å²) < 4.78 is 6.94. The lowest BCUT2D eigenvalue weighted by molar-refractivity contribution is 0.243. The van der Waals surface area contributed by atoms with Gasteiger partial charge in [-0.25, -0.2) is 14.5 Å². The molecule has 1 unspecified atom stereocenters. The van der Waals surface area contributed by atoms with Gasteiger partial charge in [0.15, 0.2) is 0 Å². The summed E-state index contributed by atoms with van der Waals surface area (Å²) in [6, 6.07) is 4.85. The van der Waals surface area contributed by atoms with E-state index in [1.165, 1.54) is 13.4 Å². The van der Waals surface area contributed by atoms with Crippen LogP contribution >= 0.6 is 11.6 Å². The van der Waals surface area contributed by atoms with Crippen LogP contribution in [0.1, 0.15) is 12.2 Å². The molecule has 3 rings (SSSR count). The molecule has 22 heavy (non-hydrogen) atoms. The van der Waals surface area contributed by atoms with Gasteiger partial charge in [-0.1, -0.05) is 11.6 Å². The number of amides is 2. The van der Waals surface area contributed by atoms with Crippen LogP contribution in [0.5, 0.6) is 5.75 Å². The molecule has 0 spiro atoms. The van der Waals surface area contributed by atoms with Crippen molar-refractivity contribution in [1.29, 1.82) is 0 Å². The molecule has 0 radical (unpaired) electrons.